The van der Waals surface area contributed by atoms with Crippen LogP contribution in [0, 0.1) is 0 Å². The van der Waals surface area contributed by atoms with Gasteiger partial charge in [-0.05, 0) is 59.8 Å². The number of hydrogen-bond donors (Lipinski definition) is 1. The first-order valence-electron chi connectivity index (χ1n) is 10.3. The minimum Gasteiger partial charge on any atom is -0.493 e. The van der Waals surface area contributed by atoms with Gasteiger partial charge in [0.05, 0.1) is 23.3 Å². The largest absolute Gasteiger partial charge is 0.493 e. The van der Waals surface area contributed by atoms with E-state index in [0.29, 0.717) is 22.1 Å². The summed E-state index contributed by atoms with van der Waals surface area (Å²) in [7, 11) is 1.49. The van der Waals surface area contributed by atoms with Crippen molar-refractivity contribution in [1.29, 1.82) is 0 Å². The molecule has 0 aromatic heterocycles. The third-order valence-corrected chi connectivity index (χ3v) is 6.48. The van der Waals surface area contributed by atoms with Crippen LogP contribution in [0.4, 0.5) is 18.9 Å². The lowest BCUT2D eigenvalue weighted by Crippen LogP contribution is -2.19. The average molecular weight is 553 g/mol. The van der Waals surface area contributed by atoms with Gasteiger partial charge in [0.15, 0.2) is 16.7 Å². The standard InChI is InChI=1S/C25H17Cl2F3N2O3S/c1-34-21-10-14(6-9-20(21)35-13-15-4-2-3-5-18(15)27)11-22-23(33)32-24(36-22)31-19-8-7-16(26)12-17(19)25(28,29)30/h2-12H,13H2,1H3,(H,31,32,33). The van der Waals surface area contributed by atoms with Crippen molar-refractivity contribution in [2.24, 2.45) is 4.99 Å². The van der Waals surface area contributed by atoms with Crippen LogP contribution in [0.1, 0.15) is 16.7 Å². The fraction of sp³-hybridized carbons (Fsp3) is 0.120. The molecule has 1 N–H and O–H groups in total. The number of alkyl halides is 3. The van der Waals surface area contributed by atoms with Gasteiger partial charge in [0.1, 0.15) is 6.61 Å². The Morgan fingerprint density at radius 2 is 1.83 bits per heavy atom. The fourth-order valence-corrected chi connectivity index (χ4v) is 4.44. The quantitative estimate of drug-likeness (QED) is 0.322. The summed E-state index contributed by atoms with van der Waals surface area (Å²) in [5.74, 6) is 0.428. The smallest absolute Gasteiger partial charge is 0.418 e. The number of rotatable bonds is 6. The van der Waals surface area contributed by atoms with Gasteiger partial charge in [-0.15, -0.1) is 0 Å². The molecule has 11 heteroatoms. The van der Waals surface area contributed by atoms with E-state index in [1.54, 1.807) is 30.3 Å². The number of amides is 1. The fourth-order valence-electron chi connectivity index (χ4n) is 3.24. The Morgan fingerprint density at radius 1 is 1.06 bits per heavy atom. The number of methoxy groups -OCH3 is 1. The zero-order valence-electron chi connectivity index (χ0n) is 18.5. The Labute approximate surface area is 218 Å². The van der Waals surface area contributed by atoms with Gasteiger partial charge in [-0.1, -0.05) is 47.5 Å². The van der Waals surface area contributed by atoms with Crippen LogP contribution in [0.3, 0.4) is 0 Å². The van der Waals surface area contributed by atoms with Crippen molar-refractivity contribution in [2.75, 3.05) is 7.11 Å². The molecule has 4 rings (SSSR count). The summed E-state index contributed by atoms with van der Waals surface area (Å²) in [5.41, 5.74) is 0.0930. The molecule has 1 amide bonds. The molecule has 5 nitrogen and oxygen atoms in total. The highest BCUT2D eigenvalue weighted by atomic mass is 35.5. The summed E-state index contributed by atoms with van der Waals surface area (Å²) >= 11 is 12.8. The predicted octanol–water partition coefficient (Wildman–Crippen LogP) is 7.49. The van der Waals surface area contributed by atoms with Gasteiger partial charge >= 0.3 is 6.18 Å². The second-order valence-corrected chi connectivity index (χ2v) is 9.31. The van der Waals surface area contributed by atoms with E-state index < -0.39 is 17.6 Å². The van der Waals surface area contributed by atoms with Gasteiger partial charge in [0.25, 0.3) is 5.91 Å². The van der Waals surface area contributed by atoms with Crippen LogP contribution in [-0.2, 0) is 17.6 Å². The lowest BCUT2D eigenvalue weighted by molar-refractivity contribution is -0.137. The van der Waals surface area contributed by atoms with E-state index in [2.05, 4.69) is 10.3 Å². The lowest BCUT2D eigenvalue weighted by atomic mass is 10.2. The molecule has 0 atom stereocenters. The molecule has 186 valence electrons. The minimum absolute atomic E-state index is 0.0192. The van der Waals surface area contributed by atoms with Crippen LogP contribution in [0.2, 0.25) is 10.0 Å². The number of aliphatic imine (C=N–C) groups is 1. The molecule has 0 unspecified atom stereocenters. The Bertz CT molecular complexity index is 1380. The molecule has 1 aliphatic heterocycles. The summed E-state index contributed by atoms with van der Waals surface area (Å²) in [6.45, 7) is 0.235. The number of ether oxygens (including phenoxy) is 2. The van der Waals surface area contributed by atoms with Crippen LogP contribution in [0.25, 0.3) is 6.08 Å². The monoisotopic (exact) mass is 552 g/mol. The number of nitrogens with zero attached hydrogens (tertiary/aromatic N) is 1. The number of hydrogen-bond acceptors (Lipinski definition) is 5. The first-order chi connectivity index (χ1) is 17.1. The second-order valence-electron chi connectivity index (χ2n) is 7.43. The molecule has 1 heterocycles. The molecule has 3 aromatic carbocycles. The number of nitrogens with one attached hydrogen (secondary N) is 1. The van der Waals surface area contributed by atoms with E-state index in [1.807, 2.05) is 18.2 Å². The maximum atomic E-state index is 13.4. The van der Waals surface area contributed by atoms with E-state index >= 15 is 0 Å². The van der Waals surface area contributed by atoms with Gasteiger partial charge in [-0.2, -0.15) is 13.2 Å². The van der Waals surface area contributed by atoms with Crippen molar-refractivity contribution in [2.45, 2.75) is 12.8 Å². The van der Waals surface area contributed by atoms with E-state index in [1.165, 1.54) is 13.2 Å². The summed E-state index contributed by atoms with van der Waals surface area (Å²) in [4.78, 5) is 16.7. The topological polar surface area (TPSA) is 59.9 Å². The SMILES string of the molecule is COc1cc(C=C2SC(=Nc3ccc(Cl)cc3C(F)(F)F)NC2=O)ccc1OCc1ccccc1Cl. The molecule has 1 fully saturated rings. The van der Waals surface area contributed by atoms with Crippen LogP contribution < -0.4 is 14.8 Å². The first kappa shape index (κ1) is 25.9. The van der Waals surface area contributed by atoms with Crippen LogP contribution in [-0.4, -0.2) is 18.2 Å². The molecule has 1 saturated heterocycles. The number of amidine groups is 1. The minimum atomic E-state index is -4.65. The van der Waals surface area contributed by atoms with E-state index in [0.717, 1.165) is 29.5 Å². The van der Waals surface area contributed by atoms with Crippen LogP contribution in [0.15, 0.2) is 70.6 Å². The highest BCUT2D eigenvalue weighted by molar-refractivity contribution is 8.18. The van der Waals surface area contributed by atoms with Gasteiger partial charge in [0, 0.05) is 15.6 Å². The highest BCUT2D eigenvalue weighted by Crippen LogP contribution is 2.39. The van der Waals surface area contributed by atoms with E-state index in [-0.39, 0.29) is 27.4 Å². The zero-order valence-corrected chi connectivity index (χ0v) is 20.9. The average Bonchev–Trinajstić information content (AvgIpc) is 3.17. The maximum absolute atomic E-state index is 13.4. The number of halogens is 5. The van der Waals surface area contributed by atoms with Crippen molar-refractivity contribution >= 4 is 57.8 Å². The Balaban J connectivity index is 1.53. The predicted molar refractivity (Wildman–Crippen MR) is 136 cm³/mol. The molecular formula is C25H17Cl2F3N2O3S. The highest BCUT2D eigenvalue weighted by Gasteiger charge is 2.34. The normalized spacial score (nSPS) is 15.9. The van der Waals surface area contributed by atoms with Crippen molar-refractivity contribution in [3.05, 3.63) is 92.3 Å². The molecular weight excluding hydrogens is 536 g/mol. The number of carbonyl (C=O) groups is 1. The molecule has 0 saturated carbocycles. The second kappa shape index (κ2) is 10.9. The van der Waals surface area contributed by atoms with Crippen LogP contribution >= 0.6 is 35.0 Å². The van der Waals surface area contributed by atoms with Crippen molar-refractivity contribution in [1.82, 2.24) is 5.32 Å². The summed E-state index contributed by atoms with van der Waals surface area (Å²) in [6.07, 6.45) is -3.07. The zero-order chi connectivity index (χ0) is 25.9. The van der Waals surface area contributed by atoms with E-state index in [9.17, 15) is 18.0 Å². The molecule has 1 aliphatic rings. The molecule has 0 aliphatic carbocycles. The summed E-state index contributed by atoms with van der Waals surface area (Å²) in [5, 5.41) is 3.02. The Hall–Kier alpha value is -3.14. The Morgan fingerprint density at radius 3 is 2.56 bits per heavy atom. The van der Waals surface area contributed by atoms with Gasteiger partial charge in [0.2, 0.25) is 0 Å². The maximum Gasteiger partial charge on any atom is 0.418 e. The van der Waals surface area contributed by atoms with Gasteiger partial charge in [-0.25, -0.2) is 4.99 Å². The van der Waals surface area contributed by atoms with Crippen molar-refractivity contribution < 1.29 is 27.4 Å². The third kappa shape index (κ3) is 6.16. The van der Waals surface area contributed by atoms with Gasteiger partial charge in [-0.3, -0.25) is 4.79 Å². The van der Waals surface area contributed by atoms with Crippen LogP contribution in [0.5, 0.6) is 11.5 Å². The number of benzene rings is 3. The molecule has 0 spiro atoms. The Kier molecular flexibility index (Phi) is 7.82. The summed E-state index contributed by atoms with van der Waals surface area (Å²) < 4.78 is 51.3. The lowest BCUT2D eigenvalue weighted by Gasteiger charge is -2.12. The van der Waals surface area contributed by atoms with E-state index in [4.69, 9.17) is 32.7 Å². The summed E-state index contributed by atoms with van der Waals surface area (Å²) in [6, 6.07) is 15.6. The van der Waals surface area contributed by atoms with Crippen molar-refractivity contribution in [3.63, 3.8) is 0 Å². The molecule has 0 bridgehead atoms. The third-order valence-electron chi connectivity index (χ3n) is 4.96. The molecule has 3 aromatic rings. The van der Waals surface area contributed by atoms with Crippen molar-refractivity contribution in [3.8, 4) is 11.5 Å². The first-order valence-corrected chi connectivity index (χ1v) is 11.9. The molecule has 0 radical (unpaired) electrons. The number of carbonyl (C=O) groups excluding carboxylic acids is 1. The number of thioether (sulfide) groups is 1. The van der Waals surface area contributed by atoms with Gasteiger partial charge < -0.3 is 14.8 Å². The molecule has 36 heavy (non-hydrogen) atoms.